The van der Waals surface area contributed by atoms with Gasteiger partial charge in [0.25, 0.3) is 0 Å². The summed E-state index contributed by atoms with van der Waals surface area (Å²) in [6.45, 7) is 8.45. The molecule has 2 rings (SSSR count). The van der Waals surface area contributed by atoms with E-state index in [0.717, 1.165) is 18.7 Å². The Bertz CT molecular complexity index is 468. The van der Waals surface area contributed by atoms with Gasteiger partial charge in [-0.2, -0.15) is 0 Å². The fraction of sp³-hybridized carbons (Fsp3) is 0.562. The lowest BCUT2D eigenvalue weighted by molar-refractivity contribution is -0.145. The van der Waals surface area contributed by atoms with Crippen LogP contribution in [0.5, 0.6) is 0 Å². The first-order valence-corrected chi connectivity index (χ1v) is 7.37. The molecule has 110 valence electrons. The van der Waals surface area contributed by atoms with Crippen LogP contribution in [0.1, 0.15) is 38.7 Å². The number of esters is 1. The summed E-state index contributed by atoms with van der Waals surface area (Å²) in [5.74, 6) is -0.190. The Hall–Kier alpha value is -1.55. The number of rotatable bonds is 6. The summed E-state index contributed by atoms with van der Waals surface area (Å²) in [5.41, 5.74) is 7.63. The van der Waals surface area contributed by atoms with Crippen molar-refractivity contribution in [2.24, 2.45) is 5.73 Å². The highest BCUT2D eigenvalue weighted by Crippen LogP contribution is 2.50. The summed E-state index contributed by atoms with van der Waals surface area (Å²) in [6, 6.07) is 8.36. The average Bonchev–Trinajstić information content (AvgIpc) is 3.15. The van der Waals surface area contributed by atoms with Gasteiger partial charge in [0.05, 0.1) is 6.61 Å². The number of carbonyl (C=O) groups is 1. The van der Waals surface area contributed by atoms with Crippen molar-refractivity contribution in [2.45, 2.75) is 38.6 Å². The Morgan fingerprint density at radius 3 is 2.40 bits per heavy atom. The highest BCUT2D eigenvalue weighted by atomic mass is 16.5. The minimum absolute atomic E-state index is 0.0901. The predicted octanol–water partition coefficient (Wildman–Crippen LogP) is 2.28. The maximum absolute atomic E-state index is 11.8. The zero-order valence-electron chi connectivity index (χ0n) is 12.6. The zero-order chi connectivity index (χ0) is 14.8. The van der Waals surface area contributed by atoms with Gasteiger partial charge in [-0.3, -0.25) is 4.79 Å². The van der Waals surface area contributed by atoms with Crippen LogP contribution in [0.3, 0.4) is 0 Å². The first kappa shape index (κ1) is 14.9. The summed E-state index contributed by atoms with van der Waals surface area (Å²) >= 11 is 0. The van der Waals surface area contributed by atoms with Gasteiger partial charge in [0.2, 0.25) is 0 Å². The van der Waals surface area contributed by atoms with E-state index in [1.807, 2.05) is 0 Å². The van der Waals surface area contributed by atoms with Crippen LogP contribution >= 0.6 is 0 Å². The second kappa shape index (κ2) is 5.83. The summed E-state index contributed by atoms with van der Waals surface area (Å²) in [6.07, 6.45) is 0.677. The van der Waals surface area contributed by atoms with E-state index in [4.69, 9.17) is 10.5 Å². The number of ether oxygens (including phenoxy) is 1. The minimum Gasteiger partial charge on any atom is -0.465 e. The molecular weight excluding hydrogens is 252 g/mol. The van der Waals surface area contributed by atoms with Gasteiger partial charge in [-0.1, -0.05) is 12.1 Å². The van der Waals surface area contributed by atoms with Crippen molar-refractivity contribution in [3.05, 3.63) is 29.8 Å². The first-order chi connectivity index (χ1) is 9.56. The van der Waals surface area contributed by atoms with Gasteiger partial charge >= 0.3 is 5.97 Å². The van der Waals surface area contributed by atoms with E-state index in [1.165, 1.54) is 5.69 Å². The third-order valence-electron chi connectivity index (χ3n) is 4.08. The van der Waals surface area contributed by atoms with E-state index in [-0.39, 0.29) is 11.9 Å². The van der Waals surface area contributed by atoms with Crippen LogP contribution < -0.4 is 10.6 Å². The van der Waals surface area contributed by atoms with Crippen LogP contribution in [0.25, 0.3) is 0 Å². The number of nitrogens with zero attached hydrogens (tertiary/aromatic N) is 1. The van der Waals surface area contributed by atoms with E-state index >= 15 is 0 Å². The van der Waals surface area contributed by atoms with E-state index in [1.54, 1.807) is 6.92 Å². The van der Waals surface area contributed by atoms with Crippen LogP contribution in [0.4, 0.5) is 5.69 Å². The Kier molecular flexibility index (Phi) is 4.33. The van der Waals surface area contributed by atoms with Crippen LogP contribution in [0.15, 0.2) is 24.3 Å². The molecule has 2 atom stereocenters. The van der Waals surface area contributed by atoms with Crippen LogP contribution in [-0.2, 0) is 9.53 Å². The molecule has 4 nitrogen and oxygen atoms in total. The topological polar surface area (TPSA) is 55.6 Å². The Balaban J connectivity index is 2.07. The molecular formula is C16H24N2O2. The molecule has 2 unspecified atom stereocenters. The number of carbonyl (C=O) groups excluding carboxylic acids is 1. The van der Waals surface area contributed by atoms with Crippen LogP contribution in [0, 0.1) is 0 Å². The summed E-state index contributed by atoms with van der Waals surface area (Å²) in [7, 11) is 0. The van der Waals surface area contributed by atoms with Gasteiger partial charge in [0.1, 0.15) is 5.54 Å². The number of hydrogen-bond acceptors (Lipinski definition) is 4. The van der Waals surface area contributed by atoms with Crippen molar-refractivity contribution >= 4 is 11.7 Å². The van der Waals surface area contributed by atoms with Crippen molar-refractivity contribution in [3.8, 4) is 0 Å². The van der Waals surface area contributed by atoms with E-state index < -0.39 is 5.54 Å². The van der Waals surface area contributed by atoms with Crippen LogP contribution in [-0.4, -0.2) is 31.2 Å². The molecule has 0 aromatic heterocycles. The van der Waals surface area contributed by atoms with Gasteiger partial charge in [-0.05, 0) is 44.9 Å². The van der Waals surface area contributed by atoms with Gasteiger partial charge in [0.15, 0.2) is 0 Å². The number of anilines is 1. The van der Waals surface area contributed by atoms with Crippen molar-refractivity contribution in [3.63, 3.8) is 0 Å². The largest absolute Gasteiger partial charge is 0.465 e. The first-order valence-electron chi connectivity index (χ1n) is 7.37. The fourth-order valence-corrected chi connectivity index (χ4v) is 2.69. The lowest BCUT2D eigenvalue weighted by Gasteiger charge is -2.21. The molecule has 1 aliphatic rings. The van der Waals surface area contributed by atoms with Gasteiger partial charge in [-0.25, -0.2) is 0 Å². The minimum atomic E-state index is -0.813. The molecule has 0 amide bonds. The van der Waals surface area contributed by atoms with Crippen molar-refractivity contribution in [1.82, 2.24) is 0 Å². The zero-order valence-corrected chi connectivity index (χ0v) is 12.6. The summed E-state index contributed by atoms with van der Waals surface area (Å²) in [4.78, 5) is 14.1. The highest BCUT2D eigenvalue weighted by molar-refractivity contribution is 5.86. The monoisotopic (exact) mass is 276 g/mol. The Morgan fingerprint density at radius 1 is 1.30 bits per heavy atom. The lowest BCUT2D eigenvalue weighted by atomic mass is 10.1. The number of nitrogens with two attached hydrogens (primary N) is 1. The molecule has 1 saturated carbocycles. The molecule has 20 heavy (non-hydrogen) atoms. The van der Waals surface area contributed by atoms with E-state index in [2.05, 4.69) is 43.0 Å². The summed E-state index contributed by atoms with van der Waals surface area (Å²) in [5, 5.41) is 0. The molecule has 1 aromatic rings. The molecule has 0 radical (unpaired) electrons. The predicted molar refractivity (Wildman–Crippen MR) is 80.9 cm³/mol. The normalized spacial score (nSPS) is 24.3. The second-order valence-corrected chi connectivity index (χ2v) is 5.28. The van der Waals surface area contributed by atoms with Gasteiger partial charge in [-0.15, -0.1) is 0 Å². The molecule has 0 bridgehead atoms. The average molecular weight is 276 g/mol. The molecule has 4 heteroatoms. The van der Waals surface area contributed by atoms with Crippen molar-refractivity contribution in [2.75, 3.05) is 24.6 Å². The molecule has 0 spiro atoms. The van der Waals surface area contributed by atoms with Gasteiger partial charge in [0, 0.05) is 24.7 Å². The Morgan fingerprint density at radius 2 is 1.90 bits per heavy atom. The second-order valence-electron chi connectivity index (χ2n) is 5.28. The standard InChI is InChI=1S/C16H24N2O2/c1-4-18(5-2)13-9-7-12(8-10-13)14-11-16(14,17)15(19)20-6-3/h7-10,14H,4-6,11,17H2,1-3H3. The van der Waals surface area contributed by atoms with Gasteiger partial charge < -0.3 is 15.4 Å². The molecule has 2 N–H and O–H groups in total. The molecule has 1 fully saturated rings. The maximum atomic E-state index is 11.8. The fourth-order valence-electron chi connectivity index (χ4n) is 2.69. The molecule has 1 aliphatic carbocycles. The summed E-state index contributed by atoms with van der Waals surface area (Å²) < 4.78 is 5.05. The quantitative estimate of drug-likeness (QED) is 0.810. The third-order valence-corrected chi connectivity index (χ3v) is 4.08. The van der Waals surface area contributed by atoms with E-state index in [0.29, 0.717) is 13.0 Å². The van der Waals surface area contributed by atoms with E-state index in [9.17, 15) is 4.79 Å². The van der Waals surface area contributed by atoms with Crippen molar-refractivity contribution < 1.29 is 9.53 Å². The molecule has 0 saturated heterocycles. The molecule has 0 heterocycles. The third kappa shape index (κ3) is 2.66. The smallest absolute Gasteiger partial charge is 0.326 e. The highest BCUT2D eigenvalue weighted by Gasteiger charge is 2.59. The number of hydrogen-bond donors (Lipinski definition) is 1. The molecule has 1 aromatic carbocycles. The number of benzene rings is 1. The molecule has 0 aliphatic heterocycles. The SMILES string of the molecule is CCOC(=O)C1(N)CC1c1ccc(N(CC)CC)cc1. The maximum Gasteiger partial charge on any atom is 0.326 e. The lowest BCUT2D eigenvalue weighted by Crippen LogP contribution is -2.36. The van der Waals surface area contributed by atoms with Crippen molar-refractivity contribution in [1.29, 1.82) is 0 Å². The van der Waals surface area contributed by atoms with Crippen LogP contribution in [0.2, 0.25) is 0 Å². The Labute approximate surface area is 120 Å².